The normalized spacial score (nSPS) is 32.9. The zero-order valence-corrected chi connectivity index (χ0v) is 9.63. The molecule has 1 heterocycles. The van der Waals surface area contributed by atoms with Gasteiger partial charge in [-0.25, -0.2) is 15.0 Å². The van der Waals surface area contributed by atoms with Crippen molar-refractivity contribution in [1.82, 2.24) is 0 Å². The minimum atomic E-state index is -1.25. The summed E-state index contributed by atoms with van der Waals surface area (Å²) in [7, 11) is 0. The van der Waals surface area contributed by atoms with Crippen LogP contribution in [0.5, 0.6) is 0 Å². The van der Waals surface area contributed by atoms with Gasteiger partial charge in [0.15, 0.2) is 0 Å². The maximum atomic E-state index is 9.18. The predicted octanol–water partition coefficient (Wildman–Crippen LogP) is 1.52. The Morgan fingerprint density at radius 2 is 2.00 bits per heavy atom. The topological polar surface area (TPSA) is 68.2 Å². The molecule has 5 heteroatoms. The second-order valence-electron chi connectivity index (χ2n) is 4.62. The van der Waals surface area contributed by atoms with Gasteiger partial charge in [-0.15, -0.1) is 0 Å². The summed E-state index contributed by atoms with van der Waals surface area (Å²) >= 11 is 0. The Morgan fingerprint density at radius 3 is 2.53 bits per heavy atom. The van der Waals surface area contributed by atoms with Crippen LogP contribution in [-0.2, 0) is 21.1 Å². The van der Waals surface area contributed by atoms with E-state index < -0.39 is 11.4 Å². The number of aliphatic hydroxyl groups is 1. The lowest BCUT2D eigenvalue weighted by molar-refractivity contribution is -0.472. The molecule has 1 saturated heterocycles. The van der Waals surface area contributed by atoms with Gasteiger partial charge in [0, 0.05) is 12.8 Å². The summed E-state index contributed by atoms with van der Waals surface area (Å²) in [5, 5.41) is 18.2. The molecular weight excluding hydrogens is 224 g/mol. The third kappa shape index (κ3) is 2.65. The standard InChI is InChI=1S/C12H16O5/c1-11(9-13)8-12(15-14,17-16-11)7-10-5-3-2-4-6-10/h2-6,13-14H,7-9H2,1H3/t11-,12+/m1/s1. The minimum Gasteiger partial charge on any atom is -0.393 e. The largest absolute Gasteiger partial charge is 0.393 e. The van der Waals surface area contributed by atoms with Gasteiger partial charge < -0.3 is 5.11 Å². The average Bonchev–Trinajstić information content (AvgIpc) is 2.70. The molecule has 0 unspecified atom stereocenters. The fourth-order valence-corrected chi connectivity index (χ4v) is 1.97. The quantitative estimate of drug-likeness (QED) is 0.617. The average molecular weight is 240 g/mol. The Morgan fingerprint density at radius 1 is 1.29 bits per heavy atom. The molecule has 0 bridgehead atoms. The third-order valence-electron chi connectivity index (χ3n) is 2.86. The van der Waals surface area contributed by atoms with E-state index in [0.29, 0.717) is 6.42 Å². The highest BCUT2D eigenvalue weighted by atomic mass is 17.3. The summed E-state index contributed by atoms with van der Waals surface area (Å²) < 4.78 is 0. The van der Waals surface area contributed by atoms with E-state index in [1.807, 2.05) is 30.3 Å². The first-order chi connectivity index (χ1) is 8.11. The molecule has 5 nitrogen and oxygen atoms in total. The Balaban J connectivity index is 2.12. The van der Waals surface area contributed by atoms with Gasteiger partial charge in [-0.05, 0) is 12.5 Å². The molecular formula is C12H16O5. The van der Waals surface area contributed by atoms with E-state index in [9.17, 15) is 5.11 Å². The molecule has 0 amide bonds. The fraction of sp³-hybridized carbons (Fsp3) is 0.500. The van der Waals surface area contributed by atoms with Crippen molar-refractivity contribution in [3.8, 4) is 0 Å². The molecule has 2 atom stereocenters. The first-order valence-corrected chi connectivity index (χ1v) is 5.46. The van der Waals surface area contributed by atoms with Crippen LogP contribution >= 0.6 is 0 Å². The summed E-state index contributed by atoms with van der Waals surface area (Å²) in [6, 6.07) is 9.49. The van der Waals surface area contributed by atoms with E-state index >= 15 is 0 Å². The molecule has 1 aromatic rings. The molecule has 2 rings (SSSR count). The lowest BCUT2D eigenvalue weighted by atomic mass is 9.93. The molecule has 1 fully saturated rings. The molecule has 0 spiro atoms. The molecule has 1 aliphatic rings. The third-order valence-corrected chi connectivity index (χ3v) is 2.86. The molecule has 2 N–H and O–H groups in total. The van der Waals surface area contributed by atoms with Crippen molar-refractivity contribution in [3.63, 3.8) is 0 Å². The van der Waals surface area contributed by atoms with E-state index in [4.69, 9.17) is 15.0 Å². The summed E-state index contributed by atoms with van der Waals surface area (Å²) in [5.74, 6) is -1.25. The van der Waals surface area contributed by atoms with Crippen molar-refractivity contribution in [3.05, 3.63) is 35.9 Å². The van der Waals surface area contributed by atoms with E-state index in [2.05, 4.69) is 4.89 Å². The Hall–Kier alpha value is -0.980. The SMILES string of the molecule is C[C@]1(CO)C[C@@](Cc2ccccc2)(OO)OO1. The molecule has 94 valence electrons. The summed E-state index contributed by atoms with van der Waals surface area (Å²) in [4.78, 5) is 14.5. The number of aliphatic hydroxyl groups excluding tert-OH is 1. The van der Waals surface area contributed by atoms with Gasteiger partial charge in [-0.2, -0.15) is 4.89 Å². The van der Waals surface area contributed by atoms with Gasteiger partial charge in [0.2, 0.25) is 5.79 Å². The highest BCUT2D eigenvalue weighted by molar-refractivity contribution is 5.16. The highest BCUT2D eigenvalue weighted by Gasteiger charge is 2.51. The van der Waals surface area contributed by atoms with Crippen LogP contribution in [0.3, 0.4) is 0 Å². The first kappa shape index (κ1) is 12.5. The van der Waals surface area contributed by atoms with E-state index in [1.54, 1.807) is 6.92 Å². The zero-order valence-electron chi connectivity index (χ0n) is 9.63. The van der Waals surface area contributed by atoms with Crippen LogP contribution in [0.15, 0.2) is 30.3 Å². The molecule has 0 radical (unpaired) electrons. The first-order valence-electron chi connectivity index (χ1n) is 5.46. The number of rotatable bonds is 4. The molecule has 0 aromatic heterocycles. The van der Waals surface area contributed by atoms with Crippen molar-refractivity contribution in [2.24, 2.45) is 0 Å². The van der Waals surface area contributed by atoms with E-state index in [1.165, 1.54) is 0 Å². The number of benzene rings is 1. The predicted molar refractivity (Wildman–Crippen MR) is 58.9 cm³/mol. The van der Waals surface area contributed by atoms with Crippen LogP contribution in [0.25, 0.3) is 0 Å². The van der Waals surface area contributed by atoms with Gasteiger partial charge in [-0.3, -0.25) is 0 Å². The Kier molecular flexibility index (Phi) is 3.46. The summed E-state index contributed by atoms with van der Waals surface area (Å²) in [6.07, 6.45) is 0.599. The summed E-state index contributed by atoms with van der Waals surface area (Å²) in [6.45, 7) is 1.49. The number of hydrogen-bond donors (Lipinski definition) is 2. The molecule has 1 aromatic carbocycles. The van der Waals surface area contributed by atoms with Gasteiger partial charge in [0.05, 0.1) is 6.61 Å². The van der Waals surface area contributed by atoms with Gasteiger partial charge in [-0.1, -0.05) is 30.3 Å². The second kappa shape index (κ2) is 4.72. The monoisotopic (exact) mass is 240 g/mol. The van der Waals surface area contributed by atoms with Crippen molar-refractivity contribution in [2.45, 2.75) is 31.2 Å². The minimum absolute atomic E-state index is 0.201. The summed E-state index contributed by atoms with van der Waals surface area (Å²) in [5.41, 5.74) is 0.102. The molecule has 17 heavy (non-hydrogen) atoms. The van der Waals surface area contributed by atoms with Crippen LogP contribution in [0.1, 0.15) is 18.9 Å². The van der Waals surface area contributed by atoms with E-state index in [0.717, 1.165) is 5.56 Å². The highest BCUT2D eigenvalue weighted by Crippen LogP contribution is 2.38. The van der Waals surface area contributed by atoms with Gasteiger partial charge >= 0.3 is 0 Å². The van der Waals surface area contributed by atoms with Crippen molar-refractivity contribution < 1.29 is 25.0 Å². The van der Waals surface area contributed by atoms with Crippen LogP contribution in [0.2, 0.25) is 0 Å². The van der Waals surface area contributed by atoms with Gasteiger partial charge in [0.25, 0.3) is 0 Å². The Labute approximate surface area is 99.4 Å². The maximum Gasteiger partial charge on any atom is 0.240 e. The second-order valence-corrected chi connectivity index (χ2v) is 4.62. The lowest BCUT2D eigenvalue weighted by Gasteiger charge is -2.22. The van der Waals surface area contributed by atoms with Crippen molar-refractivity contribution in [2.75, 3.05) is 6.61 Å². The van der Waals surface area contributed by atoms with Crippen LogP contribution < -0.4 is 0 Å². The molecule has 0 aliphatic carbocycles. The molecule has 1 aliphatic heterocycles. The van der Waals surface area contributed by atoms with Crippen molar-refractivity contribution >= 4 is 0 Å². The van der Waals surface area contributed by atoms with Crippen LogP contribution in [0, 0.1) is 0 Å². The van der Waals surface area contributed by atoms with Gasteiger partial charge in [0.1, 0.15) is 5.60 Å². The fourth-order valence-electron chi connectivity index (χ4n) is 1.97. The Bertz CT molecular complexity index is 368. The maximum absolute atomic E-state index is 9.18. The molecule has 0 saturated carbocycles. The van der Waals surface area contributed by atoms with Crippen LogP contribution in [-0.4, -0.2) is 28.4 Å². The smallest absolute Gasteiger partial charge is 0.240 e. The number of hydrogen-bond acceptors (Lipinski definition) is 5. The van der Waals surface area contributed by atoms with E-state index in [-0.39, 0.29) is 13.0 Å². The zero-order chi connectivity index (χ0) is 12.4. The van der Waals surface area contributed by atoms with Crippen LogP contribution in [0.4, 0.5) is 0 Å². The lowest BCUT2D eigenvalue weighted by Crippen LogP contribution is -2.37. The van der Waals surface area contributed by atoms with Crippen molar-refractivity contribution in [1.29, 1.82) is 0 Å².